The molecular weight excluding hydrogens is 273 g/mol. The molecule has 0 N–H and O–H groups in total. The Kier molecular flexibility index (Phi) is 3.78. The van der Waals surface area contributed by atoms with E-state index in [4.69, 9.17) is 0 Å². The van der Waals surface area contributed by atoms with Crippen molar-refractivity contribution in [3.8, 4) is 11.3 Å². The Labute approximate surface area is 131 Å². The molecule has 0 saturated heterocycles. The van der Waals surface area contributed by atoms with E-state index in [1.54, 1.807) is 12.1 Å². The van der Waals surface area contributed by atoms with E-state index in [1.165, 1.54) is 5.56 Å². The van der Waals surface area contributed by atoms with Gasteiger partial charge in [0.25, 0.3) is 0 Å². The third-order valence-electron chi connectivity index (χ3n) is 4.22. The fourth-order valence-electron chi connectivity index (χ4n) is 2.79. The second kappa shape index (κ2) is 5.60. The van der Waals surface area contributed by atoms with Crippen molar-refractivity contribution >= 4 is 5.52 Å². The van der Waals surface area contributed by atoms with Gasteiger partial charge in [-0.1, -0.05) is 33.8 Å². The van der Waals surface area contributed by atoms with Gasteiger partial charge >= 0.3 is 0 Å². The molecule has 2 heteroatoms. The van der Waals surface area contributed by atoms with E-state index < -0.39 is 0 Å². The van der Waals surface area contributed by atoms with Gasteiger partial charge in [-0.05, 0) is 59.4 Å². The third-order valence-corrected chi connectivity index (χ3v) is 4.22. The number of fused-ring (bicyclic) bond motifs is 1. The predicted molar refractivity (Wildman–Crippen MR) is 91.0 cm³/mol. The first-order chi connectivity index (χ1) is 10.5. The molecule has 0 fully saturated rings. The zero-order valence-electron chi connectivity index (χ0n) is 13.6. The van der Waals surface area contributed by atoms with E-state index in [9.17, 15) is 4.39 Å². The number of halogens is 1. The minimum absolute atomic E-state index is 0.170. The Morgan fingerprint density at radius 1 is 0.818 bits per heavy atom. The molecule has 0 radical (unpaired) electrons. The van der Waals surface area contributed by atoms with Crippen LogP contribution in [0.5, 0.6) is 0 Å². The molecule has 22 heavy (non-hydrogen) atoms. The average molecular weight is 295 g/mol. The highest BCUT2D eigenvalue weighted by Crippen LogP contribution is 2.28. The quantitative estimate of drug-likeness (QED) is 0.559. The normalized spacial score (nSPS) is 11.8. The van der Waals surface area contributed by atoms with Gasteiger partial charge in [0.15, 0.2) is 0 Å². The SMILES string of the molecule is CC(C)c1cc(F)cc(-c2ccc3ccc(C(C)C)cn23)c1. The number of pyridine rings is 1. The second-order valence-corrected chi connectivity index (χ2v) is 6.56. The molecule has 0 amide bonds. The van der Waals surface area contributed by atoms with Crippen molar-refractivity contribution in [2.45, 2.75) is 39.5 Å². The minimum Gasteiger partial charge on any atom is -0.316 e. The van der Waals surface area contributed by atoms with Gasteiger partial charge in [-0.15, -0.1) is 0 Å². The lowest BCUT2D eigenvalue weighted by molar-refractivity contribution is 0.624. The number of nitrogens with zero attached hydrogens (tertiary/aromatic N) is 1. The molecular formula is C20H22FN. The first-order valence-corrected chi connectivity index (χ1v) is 7.87. The van der Waals surface area contributed by atoms with Crippen LogP contribution in [-0.4, -0.2) is 4.40 Å². The van der Waals surface area contributed by atoms with Crippen LogP contribution in [0, 0.1) is 5.82 Å². The van der Waals surface area contributed by atoms with Gasteiger partial charge in [-0.2, -0.15) is 0 Å². The second-order valence-electron chi connectivity index (χ2n) is 6.56. The van der Waals surface area contributed by atoms with Crippen LogP contribution in [0.1, 0.15) is 50.7 Å². The molecule has 0 spiro atoms. The van der Waals surface area contributed by atoms with E-state index in [0.717, 1.165) is 22.3 Å². The lowest BCUT2D eigenvalue weighted by Crippen LogP contribution is -1.96. The molecule has 0 unspecified atom stereocenters. The maximum Gasteiger partial charge on any atom is 0.124 e. The Hall–Kier alpha value is -2.09. The summed E-state index contributed by atoms with van der Waals surface area (Å²) < 4.78 is 16.1. The number of aromatic nitrogens is 1. The van der Waals surface area contributed by atoms with Gasteiger partial charge in [0, 0.05) is 17.3 Å². The number of benzene rings is 1. The van der Waals surface area contributed by atoms with Crippen LogP contribution in [0.15, 0.2) is 48.7 Å². The first kappa shape index (κ1) is 14.8. The summed E-state index contributed by atoms with van der Waals surface area (Å²) in [5, 5.41) is 0. The third kappa shape index (κ3) is 2.66. The summed E-state index contributed by atoms with van der Waals surface area (Å²) >= 11 is 0. The molecule has 1 aromatic carbocycles. The van der Waals surface area contributed by atoms with Gasteiger partial charge in [0.05, 0.1) is 5.69 Å². The van der Waals surface area contributed by atoms with Crippen LogP contribution < -0.4 is 0 Å². The summed E-state index contributed by atoms with van der Waals surface area (Å²) in [5.74, 6) is 0.612. The van der Waals surface area contributed by atoms with Crippen LogP contribution in [0.4, 0.5) is 4.39 Å². The summed E-state index contributed by atoms with van der Waals surface area (Å²) in [7, 11) is 0. The molecule has 0 aliphatic rings. The molecule has 3 rings (SSSR count). The van der Waals surface area contributed by atoms with E-state index in [-0.39, 0.29) is 5.82 Å². The van der Waals surface area contributed by atoms with E-state index in [1.807, 2.05) is 0 Å². The van der Waals surface area contributed by atoms with Crippen LogP contribution in [0.3, 0.4) is 0 Å². The van der Waals surface area contributed by atoms with E-state index in [2.05, 4.69) is 68.6 Å². The summed E-state index contributed by atoms with van der Waals surface area (Å²) in [4.78, 5) is 0. The Morgan fingerprint density at radius 3 is 2.18 bits per heavy atom. The highest BCUT2D eigenvalue weighted by molar-refractivity contribution is 5.68. The lowest BCUT2D eigenvalue weighted by atomic mass is 9.99. The monoisotopic (exact) mass is 295 g/mol. The largest absolute Gasteiger partial charge is 0.316 e. The van der Waals surface area contributed by atoms with Gasteiger partial charge < -0.3 is 4.40 Å². The number of rotatable bonds is 3. The molecule has 0 aliphatic heterocycles. The minimum atomic E-state index is -0.170. The molecule has 3 aromatic rings. The summed E-state index contributed by atoms with van der Waals surface area (Å²) in [5.41, 5.74) is 5.42. The maximum atomic E-state index is 14.0. The molecule has 0 saturated carbocycles. The van der Waals surface area contributed by atoms with Crippen LogP contribution in [0.2, 0.25) is 0 Å². The zero-order valence-corrected chi connectivity index (χ0v) is 13.6. The van der Waals surface area contributed by atoms with Crippen molar-refractivity contribution in [3.63, 3.8) is 0 Å². The van der Waals surface area contributed by atoms with Crippen molar-refractivity contribution in [1.29, 1.82) is 0 Å². The van der Waals surface area contributed by atoms with Crippen LogP contribution in [-0.2, 0) is 0 Å². The lowest BCUT2D eigenvalue weighted by Gasteiger charge is -2.11. The maximum absolute atomic E-state index is 14.0. The van der Waals surface area contributed by atoms with Crippen LogP contribution >= 0.6 is 0 Å². The summed E-state index contributed by atoms with van der Waals surface area (Å²) in [6, 6.07) is 13.8. The van der Waals surface area contributed by atoms with Crippen molar-refractivity contribution in [2.24, 2.45) is 0 Å². The van der Waals surface area contributed by atoms with Gasteiger partial charge in [0.1, 0.15) is 5.82 Å². The molecule has 1 nitrogen and oxygen atoms in total. The Morgan fingerprint density at radius 2 is 1.50 bits per heavy atom. The van der Waals surface area contributed by atoms with Crippen molar-refractivity contribution in [3.05, 3.63) is 65.6 Å². The zero-order chi connectivity index (χ0) is 15.9. The molecule has 2 heterocycles. The molecule has 0 atom stereocenters. The van der Waals surface area contributed by atoms with E-state index in [0.29, 0.717) is 11.8 Å². The topological polar surface area (TPSA) is 4.41 Å². The van der Waals surface area contributed by atoms with Gasteiger partial charge in [0.2, 0.25) is 0 Å². The fraction of sp³-hybridized carbons (Fsp3) is 0.300. The fourth-order valence-corrected chi connectivity index (χ4v) is 2.79. The first-order valence-electron chi connectivity index (χ1n) is 7.87. The number of hydrogen-bond donors (Lipinski definition) is 0. The molecule has 0 aliphatic carbocycles. The molecule has 0 bridgehead atoms. The molecule has 114 valence electrons. The summed E-state index contributed by atoms with van der Waals surface area (Å²) in [6.45, 7) is 8.55. The standard InChI is InChI=1S/C20H22FN/c1-13(2)15-5-6-19-7-8-20(22(19)12-15)17-9-16(14(3)4)10-18(21)11-17/h5-14H,1-4H3. The van der Waals surface area contributed by atoms with E-state index >= 15 is 0 Å². The van der Waals surface area contributed by atoms with Crippen molar-refractivity contribution in [1.82, 2.24) is 4.40 Å². The smallest absolute Gasteiger partial charge is 0.124 e. The van der Waals surface area contributed by atoms with Crippen LogP contribution in [0.25, 0.3) is 16.8 Å². The Bertz CT molecular complexity index is 812. The van der Waals surface area contributed by atoms with Crippen molar-refractivity contribution < 1.29 is 4.39 Å². The van der Waals surface area contributed by atoms with Gasteiger partial charge in [-0.3, -0.25) is 0 Å². The highest BCUT2D eigenvalue weighted by atomic mass is 19.1. The predicted octanol–water partition coefficient (Wildman–Crippen LogP) is 5.99. The Balaban J connectivity index is 2.19. The average Bonchev–Trinajstić information content (AvgIpc) is 2.89. The highest BCUT2D eigenvalue weighted by Gasteiger charge is 2.10. The number of hydrogen-bond acceptors (Lipinski definition) is 0. The van der Waals surface area contributed by atoms with Crippen molar-refractivity contribution in [2.75, 3.05) is 0 Å². The summed E-state index contributed by atoms with van der Waals surface area (Å²) in [6.07, 6.45) is 2.16. The van der Waals surface area contributed by atoms with Gasteiger partial charge in [-0.25, -0.2) is 4.39 Å². The molecule has 2 aromatic heterocycles.